The first-order valence-corrected chi connectivity index (χ1v) is 3.80. The number of carboxylic acid groups (broad SMARTS) is 1. The first-order valence-electron chi connectivity index (χ1n) is 3.80. The molecule has 0 spiro atoms. The molecule has 12 heavy (non-hydrogen) atoms. The number of hydrogen-bond acceptors (Lipinski definition) is 3. The van der Waals surface area contributed by atoms with Gasteiger partial charge >= 0.3 is 5.97 Å². The van der Waals surface area contributed by atoms with Crippen LogP contribution in [0, 0.1) is 5.41 Å². The maximum absolute atomic E-state index is 10.2. The minimum absolute atomic E-state index is 0.148. The summed E-state index contributed by atoms with van der Waals surface area (Å²) in [6, 6.07) is 0. The predicted molar refractivity (Wildman–Crippen MR) is 45.3 cm³/mol. The van der Waals surface area contributed by atoms with Crippen LogP contribution in [0.1, 0.15) is 19.8 Å². The van der Waals surface area contributed by atoms with Crippen LogP contribution >= 0.6 is 0 Å². The van der Waals surface area contributed by atoms with Crippen LogP contribution in [0.15, 0.2) is 12.3 Å². The lowest BCUT2D eigenvalue weighted by Crippen LogP contribution is -2.22. The average molecular weight is 168 g/mol. The van der Waals surface area contributed by atoms with Gasteiger partial charge in [0.25, 0.3) is 0 Å². The highest BCUT2D eigenvalue weighted by molar-refractivity contribution is 6.38. The molecule has 1 fully saturated rings. The van der Waals surface area contributed by atoms with Crippen LogP contribution in [0.5, 0.6) is 0 Å². The van der Waals surface area contributed by atoms with Crippen LogP contribution in [0.2, 0.25) is 0 Å². The Hall–Kier alpha value is -1.32. The molecule has 4 nitrogen and oxygen atoms in total. The van der Waals surface area contributed by atoms with Crippen LogP contribution in [0.25, 0.3) is 0 Å². The van der Waals surface area contributed by atoms with Crippen LogP contribution in [-0.4, -0.2) is 22.3 Å². The summed E-state index contributed by atoms with van der Waals surface area (Å²) in [7, 11) is 0. The lowest BCUT2D eigenvalue weighted by Gasteiger charge is -2.06. The molecule has 0 aromatic rings. The average Bonchev–Trinajstić information content (AvgIpc) is 2.68. The second kappa shape index (κ2) is 2.97. The summed E-state index contributed by atoms with van der Waals surface area (Å²) in [6.07, 6.45) is 5.00. The van der Waals surface area contributed by atoms with E-state index in [0.717, 1.165) is 12.8 Å². The minimum Gasteiger partial charge on any atom is -0.477 e. The Morgan fingerprint density at radius 1 is 1.67 bits per heavy atom. The van der Waals surface area contributed by atoms with Gasteiger partial charge in [-0.05, 0) is 32.0 Å². The van der Waals surface area contributed by atoms with Gasteiger partial charge in [-0.15, -0.1) is 0 Å². The zero-order valence-electron chi connectivity index (χ0n) is 6.92. The molecule has 0 radical (unpaired) electrons. The summed E-state index contributed by atoms with van der Waals surface area (Å²) in [6.45, 7) is 2.06. The number of carboxylic acids is 1. The van der Waals surface area contributed by atoms with E-state index in [2.05, 4.69) is 12.2 Å². The van der Waals surface area contributed by atoms with Gasteiger partial charge in [-0.3, -0.25) is 5.41 Å². The van der Waals surface area contributed by atoms with Crippen molar-refractivity contribution in [3.05, 3.63) is 12.3 Å². The summed E-state index contributed by atoms with van der Waals surface area (Å²) in [5, 5.41) is 18.3. The van der Waals surface area contributed by atoms with Gasteiger partial charge in [-0.25, -0.2) is 4.79 Å². The molecule has 1 aliphatic carbocycles. The molecule has 0 heterocycles. The summed E-state index contributed by atoms with van der Waals surface area (Å²) >= 11 is 0. The smallest absolute Gasteiger partial charge is 0.353 e. The molecule has 0 unspecified atom stereocenters. The van der Waals surface area contributed by atoms with Crippen molar-refractivity contribution in [3.63, 3.8) is 0 Å². The monoisotopic (exact) mass is 168 g/mol. The molecule has 0 saturated heterocycles. The largest absolute Gasteiger partial charge is 0.477 e. The van der Waals surface area contributed by atoms with Crippen molar-refractivity contribution in [2.45, 2.75) is 25.3 Å². The Balaban J connectivity index is 2.30. The van der Waals surface area contributed by atoms with Crippen LogP contribution in [-0.2, 0) is 4.79 Å². The maximum atomic E-state index is 10.2. The van der Waals surface area contributed by atoms with E-state index in [-0.39, 0.29) is 5.54 Å². The highest BCUT2D eigenvalue weighted by atomic mass is 16.4. The van der Waals surface area contributed by atoms with E-state index in [1.54, 1.807) is 0 Å². The van der Waals surface area contributed by atoms with E-state index in [9.17, 15) is 4.79 Å². The molecule has 3 N–H and O–H groups in total. The van der Waals surface area contributed by atoms with Gasteiger partial charge in [0.1, 0.15) is 5.71 Å². The van der Waals surface area contributed by atoms with E-state index in [4.69, 9.17) is 10.5 Å². The van der Waals surface area contributed by atoms with Crippen molar-refractivity contribution in [2.75, 3.05) is 0 Å². The Labute approximate surface area is 70.8 Å². The lowest BCUT2D eigenvalue weighted by atomic mass is 10.3. The number of hydrogen-bond donors (Lipinski definition) is 3. The quantitative estimate of drug-likeness (QED) is 0.542. The highest BCUT2D eigenvalue weighted by Crippen LogP contribution is 2.33. The van der Waals surface area contributed by atoms with Crippen molar-refractivity contribution in [3.8, 4) is 0 Å². The third-order valence-corrected chi connectivity index (χ3v) is 1.91. The van der Waals surface area contributed by atoms with Gasteiger partial charge in [0.15, 0.2) is 0 Å². The van der Waals surface area contributed by atoms with Crippen molar-refractivity contribution in [1.29, 1.82) is 5.41 Å². The van der Waals surface area contributed by atoms with Crippen molar-refractivity contribution >= 4 is 11.7 Å². The summed E-state index contributed by atoms with van der Waals surface area (Å²) in [5.41, 5.74) is -0.248. The fourth-order valence-electron chi connectivity index (χ4n) is 0.729. The number of rotatable bonds is 4. The number of carbonyl (C=O) groups is 1. The minimum atomic E-state index is -1.20. The third-order valence-electron chi connectivity index (χ3n) is 1.91. The van der Waals surface area contributed by atoms with Gasteiger partial charge in [0, 0.05) is 5.54 Å². The van der Waals surface area contributed by atoms with Crippen molar-refractivity contribution in [1.82, 2.24) is 5.32 Å². The molecule has 0 aromatic heterocycles. The Morgan fingerprint density at radius 2 is 2.25 bits per heavy atom. The first kappa shape index (κ1) is 8.77. The molecule has 0 atom stereocenters. The Kier molecular flexibility index (Phi) is 2.17. The molecular formula is C8H12N2O2. The summed E-state index contributed by atoms with van der Waals surface area (Å²) < 4.78 is 0. The molecule has 0 aliphatic heterocycles. The number of nitrogens with one attached hydrogen (secondary N) is 2. The van der Waals surface area contributed by atoms with Crippen molar-refractivity contribution < 1.29 is 9.90 Å². The third kappa shape index (κ3) is 2.38. The molecule has 0 bridgehead atoms. The molecule has 1 saturated carbocycles. The van der Waals surface area contributed by atoms with Crippen LogP contribution in [0.3, 0.4) is 0 Å². The molecule has 0 aromatic carbocycles. The zero-order chi connectivity index (χ0) is 9.19. The van der Waals surface area contributed by atoms with E-state index < -0.39 is 11.7 Å². The van der Waals surface area contributed by atoms with Gasteiger partial charge in [-0.1, -0.05) is 0 Å². The van der Waals surface area contributed by atoms with Crippen molar-refractivity contribution in [2.24, 2.45) is 0 Å². The van der Waals surface area contributed by atoms with Gasteiger partial charge in [-0.2, -0.15) is 0 Å². The van der Waals surface area contributed by atoms with Gasteiger partial charge in [0.05, 0.1) is 0 Å². The van der Waals surface area contributed by atoms with Crippen LogP contribution in [0.4, 0.5) is 0 Å². The molecule has 66 valence electrons. The van der Waals surface area contributed by atoms with Gasteiger partial charge in [0.2, 0.25) is 0 Å². The van der Waals surface area contributed by atoms with E-state index in [1.165, 1.54) is 12.3 Å². The molecular weight excluding hydrogens is 156 g/mol. The second-order valence-corrected chi connectivity index (χ2v) is 3.26. The molecule has 1 aliphatic rings. The van der Waals surface area contributed by atoms with Gasteiger partial charge < -0.3 is 10.4 Å². The standard InChI is InChI=1S/C8H12N2O2/c1-8(3-4-8)10-5-2-6(9)7(11)12/h2,5,9-10H,3-4H2,1H3,(H,11,12)/b5-2-,9-6?. The normalized spacial score (nSPS) is 19.1. The van der Waals surface area contributed by atoms with E-state index >= 15 is 0 Å². The zero-order valence-corrected chi connectivity index (χ0v) is 6.92. The summed E-state index contributed by atoms with van der Waals surface area (Å²) in [5.74, 6) is -1.20. The summed E-state index contributed by atoms with van der Waals surface area (Å²) in [4.78, 5) is 10.2. The second-order valence-electron chi connectivity index (χ2n) is 3.26. The lowest BCUT2D eigenvalue weighted by molar-refractivity contribution is -0.129. The van der Waals surface area contributed by atoms with E-state index in [1.807, 2.05) is 0 Å². The Bertz CT molecular complexity index is 241. The molecule has 4 heteroatoms. The number of aliphatic carboxylic acids is 1. The predicted octanol–water partition coefficient (Wildman–Crippen LogP) is 0.747. The fourth-order valence-corrected chi connectivity index (χ4v) is 0.729. The molecule has 1 rings (SSSR count). The fraction of sp³-hybridized carbons (Fsp3) is 0.500. The molecule has 0 amide bonds. The van der Waals surface area contributed by atoms with E-state index in [0.29, 0.717) is 0 Å². The maximum Gasteiger partial charge on any atom is 0.353 e. The highest BCUT2D eigenvalue weighted by Gasteiger charge is 2.35. The Morgan fingerprint density at radius 3 is 2.67 bits per heavy atom. The SMILES string of the molecule is CC1(N/C=C\C(=N)C(=O)O)CC1. The topological polar surface area (TPSA) is 73.2 Å². The first-order chi connectivity index (χ1) is 5.53. The van der Waals surface area contributed by atoms with Crippen LogP contribution < -0.4 is 5.32 Å².